The molecule has 1 heterocycles. The molecular weight excluding hydrogens is 269 g/mol. The molecule has 3 heteroatoms. The lowest BCUT2D eigenvalue weighted by atomic mass is 9.93. The average molecular weight is 293 g/mol. The zero-order chi connectivity index (χ0) is 15.4. The van der Waals surface area contributed by atoms with Crippen molar-refractivity contribution in [2.24, 2.45) is 0 Å². The molecule has 0 aliphatic carbocycles. The standard InChI is InChI=1S/C19H24BNO/c1-15(16-7-3-2-4-8-16)21-11-6-12-22-19(14-21)17-9-5-10-18(20)13-17/h2-5,7-10,13,15,19H,6,11-12,14,20H2,1H3/t15-,19?/m1/s1. The van der Waals surface area contributed by atoms with Gasteiger partial charge in [-0.05, 0) is 24.5 Å². The van der Waals surface area contributed by atoms with E-state index in [9.17, 15) is 0 Å². The van der Waals surface area contributed by atoms with E-state index in [-0.39, 0.29) is 6.10 Å². The molecule has 2 aromatic carbocycles. The third-order valence-corrected chi connectivity index (χ3v) is 4.55. The van der Waals surface area contributed by atoms with E-state index in [1.165, 1.54) is 16.6 Å². The highest BCUT2D eigenvalue weighted by Crippen LogP contribution is 2.27. The molecule has 0 bridgehead atoms. The van der Waals surface area contributed by atoms with Crippen LogP contribution in [-0.4, -0.2) is 32.4 Å². The maximum absolute atomic E-state index is 6.12. The smallest absolute Gasteiger partial charge is 0.139 e. The van der Waals surface area contributed by atoms with Gasteiger partial charge in [-0.3, -0.25) is 4.90 Å². The zero-order valence-corrected chi connectivity index (χ0v) is 13.5. The summed E-state index contributed by atoms with van der Waals surface area (Å²) in [5, 5.41) is 0. The Balaban J connectivity index is 1.78. The molecule has 114 valence electrons. The third kappa shape index (κ3) is 3.60. The summed E-state index contributed by atoms with van der Waals surface area (Å²) in [4.78, 5) is 2.55. The second kappa shape index (κ2) is 7.12. The Morgan fingerprint density at radius 3 is 2.73 bits per heavy atom. The molecule has 0 saturated carbocycles. The van der Waals surface area contributed by atoms with Gasteiger partial charge in [0.05, 0.1) is 6.10 Å². The predicted octanol–water partition coefficient (Wildman–Crippen LogP) is 2.47. The van der Waals surface area contributed by atoms with E-state index < -0.39 is 0 Å². The van der Waals surface area contributed by atoms with Crippen molar-refractivity contribution in [3.8, 4) is 0 Å². The first-order chi connectivity index (χ1) is 10.7. The van der Waals surface area contributed by atoms with Crippen molar-refractivity contribution in [2.45, 2.75) is 25.5 Å². The Labute approximate surface area is 134 Å². The molecule has 1 fully saturated rings. The van der Waals surface area contributed by atoms with E-state index in [1.54, 1.807) is 0 Å². The van der Waals surface area contributed by atoms with Crippen molar-refractivity contribution >= 4 is 13.3 Å². The first-order valence-electron chi connectivity index (χ1n) is 8.21. The number of benzene rings is 2. The van der Waals surface area contributed by atoms with Gasteiger partial charge in [0.1, 0.15) is 7.85 Å². The highest BCUT2D eigenvalue weighted by Gasteiger charge is 2.24. The van der Waals surface area contributed by atoms with Crippen LogP contribution in [0.25, 0.3) is 0 Å². The minimum absolute atomic E-state index is 0.175. The lowest BCUT2D eigenvalue weighted by Crippen LogP contribution is -2.31. The molecule has 0 radical (unpaired) electrons. The van der Waals surface area contributed by atoms with E-state index in [4.69, 9.17) is 4.74 Å². The Morgan fingerprint density at radius 2 is 1.95 bits per heavy atom. The van der Waals surface area contributed by atoms with Gasteiger partial charge in [0, 0.05) is 25.7 Å². The van der Waals surface area contributed by atoms with Crippen molar-refractivity contribution in [1.29, 1.82) is 0 Å². The van der Waals surface area contributed by atoms with Crippen LogP contribution >= 0.6 is 0 Å². The number of rotatable bonds is 3. The van der Waals surface area contributed by atoms with Gasteiger partial charge in [-0.15, -0.1) is 0 Å². The second-order valence-electron chi connectivity index (χ2n) is 6.21. The zero-order valence-electron chi connectivity index (χ0n) is 13.5. The fourth-order valence-electron chi connectivity index (χ4n) is 3.22. The van der Waals surface area contributed by atoms with E-state index in [1.807, 2.05) is 0 Å². The van der Waals surface area contributed by atoms with E-state index in [2.05, 4.69) is 74.3 Å². The van der Waals surface area contributed by atoms with Crippen LogP contribution in [-0.2, 0) is 4.74 Å². The topological polar surface area (TPSA) is 12.5 Å². The molecule has 1 saturated heterocycles. The molecule has 1 unspecified atom stereocenters. The molecule has 0 aromatic heterocycles. The quantitative estimate of drug-likeness (QED) is 0.806. The monoisotopic (exact) mass is 293 g/mol. The van der Waals surface area contributed by atoms with Gasteiger partial charge in [-0.25, -0.2) is 0 Å². The van der Waals surface area contributed by atoms with Crippen LogP contribution in [0.15, 0.2) is 54.6 Å². The Hall–Kier alpha value is -1.58. The number of hydrogen-bond donors (Lipinski definition) is 0. The molecule has 2 aromatic rings. The van der Waals surface area contributed by atoms with Crippen LogP contribution in [0.5, 0.6) is 0 Å². The molecule has 3 rings (SSSR count). The molecule has 1 aliphatic rings. The van der Waals surface area contributed by atoms with Gasteiger partial charge in [0.2, 0.25) is 0 Å². The van der Waals surface area contributed by atoms with Gasteiger partial charge in [0.15, 0.2) is 0 Å². The predicted molar refractivity (Wildman–Crippen MR) is 94.4 cm³/mol. The van der Waals surface area contributed by atoms with Crippen molar-refractivity contribution in [3.05, 3.63) is 65.7 Å². The lowest BCUT2D eigenvalue weighted by Gasteiger charge is -2.30. The van der Waals surface area contributed by atoms with Crippen LogP contribution in [0.4, 0.5) is 0 Å². The molecule has 22 heavy (non-hydrogen) atoms. The number of nitrogens with zero attached hydrogens (tertiary/aromatic N) is 1. The van der Waals surface area contributed by atoms with Gasteiger partial charge < -0.3 is 4.74 Å². The highest BCUT2D eigenvalue weighted by atomic mass is 16.5. The molecule has 0 amide bonds. The Kier molecular flexibility index (Phi) is 4.96. The molecular formula is C19H24BNO. The molecule has 0 N–H and O–H groups in total. The van der Waals surface area contributed by atoms with Crippen LogP contribution in [0.1, 0.15) is 36.6 Å². The van der Waals surface area contributed by atoms with Crippen LogP contribution < -0.4 is 5.46 Å². The first kappa shape index (κ1) is 15.3. The van der Waals surface area contributed by atoms with Crippen molar-refractivity contribution in [1.82, 2.24) is 4.90 Å². The van der Waals surface area contributed by atoms with Gasteiger partial charge >= 0.3 is 0 Å². The SMILES string of the molecule is Bc1cccc(C2CN([C@H](C)c3ccccc3)CCCO2)c1. The van der Waals surface area contributed by atoms with Crippen LogP contribution in [0, 0.1) is 0 Å². The Morgan fingerprint density at radius 1 is 1.14 bits per heavy atom. The Bertz CT molecular complexity index is 601. The van der Waals surface area contributed by atoms with Gasteiger partial charge in [-0.2, -0.15) is 0 Å². The summed E-state index contributed by atoms with van der Waals surface area (Å²) in [6, 6.07) is 19.9. The summed E-state index contributed by atoms with van der Waals surface area (Å²) in [6.07, 6.45) is 1.27. The molecule has 2 atom stereocenters. The first-order valence-corrected chi connectivity index (χ1v) is 8.21. The van der Waals surface area contributed by atoms with Crippen molar-refractivity contribution in [3.63, 3.8) is 0 Å². The largest absolute Gasteiger partial charge is 0.372 e. The summed E-state index contributed by atoms with van der Waals surface area (Å²) < 4.78 is 6.12. The average Bonchev–Trinajstić information content (AvgIpc) is 2.81. The maximum Gasteiger partial charge on any atom is 0.139 e. The minimum Gasteiger partial charge on any atom is -0.372 e. The van der Waals surface area contributed by atoms with Gasteiger partial charge in [-0.1, -0.05) is 60.1 Å². The normalized spacial score (nSPS) is 21.2. The summed E-state index contributed by atoms with van der Waals surface area (Å²) in [6.45, 7) is 5.20. The molecule has 2 nitrogen and oxygen atoms in total. The van der Waals surface area contributed by atoms with Crippen LogP contribution in [0.2, 0.25) is 0 Å². The van der Waals surface area contributed by atoms with Crippen molar-refractivity contribution < 1.29 is 4.74 Å². The fraction of sp³-hybridized carbons (Fsp3) is 0.368. The highest BCUT2D eigenvalue weighted by molar-refractivity contribution is 6.32. The third-order valence-electron chi connectivity index (χ3n) is 4.55. The van der Waals surface area contributed by atoms with Crippen molar-refractivity contribution in [2.75, 3.05) is 19.7 Å². The summed E-state index contributed by atoms with van der Waals surface area (Å²) in [5.74, 6) is 0. The van der Waals surface area contributed by atoms with Gasteiger partial charge in [0.25, 0.3) is 0 Å². The summed E-state index contributed by atoms with van der Waals surface area (Å²) in [5.41, 5.74) is 3.98. The number of ether oxygens (including phenoxy) is 1. The van der Waals surface area contributed by atoms with E-state index >= 15 is 0 Å². The van der Waals surface area contributed by atoms with E-state index in [0.717, 1.165) is 26.1 Å². The fourth-order valence-corrected chi connectivity index (χ4v) is 3.22. The molecule has 1 aliphatic heterocycles. The lowest BCUT2D eigenvalue weighted by molar-refractivity contribution is 0.0483. The minimum atomic E-state index is 0.175. The summed E-state index contributed by atoms with van der Waals surface area (Å²) >= 11 is 0. The van der Waals surface area contributed by atoms with E-state index in [0.29, 0.717) is 6.04 Å². The second-order valence-corrected chi connectivity index (χ2v) is 6.21. The molecule has 0 spiro atoms. The maximum atomic E-state index is 6.12. The number of hydrogen-bond acceptors (Lipinski definition) is 2. The summed E-state index contributed by atoms with van der Waals surface area (Å²) in [7, 11) is 2.14. The van der Waals surface area contributed by atoms with Crippen LogP contribution in [0.3, 0.4) is 0 Å².